The van der Waals surface area contributed by atoms with E-state index in [2.05, 4.69) is 29.0 Å². The number of hydrogen-bond acceptors (Lipinski definition) is 2. The van der Waals surface area contributed by atoms with Crippen molar-refractivity contribution in [3.63, 3.8) is 0 Å². The predicted molar refractivity (Wildman–Crippen MR) is 105 cm³/mol. The number of benzene rings is 2. The summed E-state index contributed by atoms with van der Waals surface area (Å²) >= 11 is 0. The Bertz CT molecular complexity index is 1110. The van der Waals surface area contributed by atoms with Crippen LogP contribution in [0.2, 0.25) is 0 Å². The lowest BCUT2D eigenvalue weighted by molar-refractivity contribution is 0.441. The van der Waals surface area contributed by atoms with E-state index in [1.165, 1.54) is 22.0 Å². The van der Waals surface area contributed by atoms with E-state index >= 15 is 0 Å². The van der Waals surface area contributed by atoms with Gasteiger partial charge in [-0.1, -0.05) is 36.4 Å². The standard InChI is InChI=1S/C21H22N2O2S/c1-16-6-5-7-18(14-16)26(24,25)23-12-10-17(11-13-23)20-15-22(2)21-9-4-3-8-19(20)21/h3-10,14-15H,11-13H2,1-2H3. The van der Waals surface area contributed by atoms with Gasteiger partial charge < -0.3 is 4.57 Å². The first-order chi connectivity index (χ1) is 12.5. The van der Waals surface area contributed by atoms with Crippen LogP contribution in [0.15, 0.2) is 65.7 Å². The molecule has 0 N–H and O–H groups in total. The summed E-state index contributed by atoms with van der Waals surface area (Å²) in [5, 5.41) is 1.22. The number of para-hydroxylation sites is 1. The first-order valence-corrected chi connectivity index (χ1v) is 10.2. The summed E-state index contributed by atoms with van der Waals surface area (Å²) in [4.78, 5) is 0.375. The summed E-state index contributed by atoms with van der Waals surface area (Å²) in [7, 11) is -1.40. The third-order valence-corrected chi connectivity index (χ3v) is 6.90. The summed E-state index contributed by atoms with van der Waals surface area (Å²) in [6.45, 7) is 2.83. The van der Waals surface area contributed by atoms with Gasteiger partial charge in [0.25, 0.3) is 0 Å². The fraction of sp³-hybridized carbons (Fsp3) is 0.238. The van der Waals surface area contributed by atoms with Crippen LogP contribution in [0.4, 0.5) is 0 Å². The van der Waals surface area contributed by atoms with Gasteiger partial charge in [0.15, 0.2) is 0 Å². The van der Waals surface area contributed by atoms with Crippen LogP contribution < -0.4 is 0 Å². The highest BCUT2D eigenvalue weighted by Gasteiger charge is 2.27. The summed E-state index contributed by atoms with van der Waals surface area (Å²) in [5.74, 6) is 0. The molecule has 5 heteroatoms. The van der Waals surface area contributed by atoms with Crippen LogP contribution in [0.25, 0.3) is 16.5 Å². The van der Waals surface area contributed by atoms with Crippen LogP contribution in [0.1, 0.15) is 17.5 Å². The molecule has 0 amide bonds. The molecule has 1 aliphatic heterocycles. The molecule has 2 aromatic carbocycles. The van der Waals surface area contributed by atoms with Gasteiger partial charge in [-0.05, 0) is 42.7 Å². The molecule has 0 bridgehead atoms. The second kappa shape index (κ2) is 6.41. The topological polar surface area (TPSA) is 42.3 Å². The molecule has 4 rings (SSSR count). The third-order valence-electron chi connectivity index (χ3n) is 5.04. The second-order valence-electron chi connectivity index (χ2n) is 6.83. The lowest BCUT2D eigenvalue weighted by atomic mass is 10.00. The summed E-state index contributed by atoms with van der Waals surface area (Å²) in [6.07, 6.45) is 4.92. The Balaban J connectivity index is 1.64. The zero-order chi connectivity index (χ0) is 18.3. The maximum Gasteiger partial charge on any atom is 0.243 e. The molecule has 0 saturated heterocycles. The van der Waals surface area contributed by atoms with Crippen molar-refractivity contribution in [1.29, 1.82) is 0 Å². The molecule has 0 spiro atoms. The van der Waals surface area contributed by atoms with Crippen LogP contribution in [0, 0.1) is 6.92 Å². The number of sulfonamides is 1. The molecular weight excluding hydrogens is 344 g/mol. The first-order valence-electron chi connectivity index (χ1n) is 8.77. The van der Waals surface area contributed by atoms with E-state index in [1.807, 2.05) is 32.2 Å². The molecule has 1 aliphatic rings. The smallest absolute Gasteiger partial charge is 0.243 e. The van der Waals surface area contributed by atoms with Gasteiger partial charge in [-0.3, -0.25) is 0 Å². The molecule has 2 heterocycles. The van der Waals surface area contributed by atoms with Gasteiger partial charge in [-0.25, -0.2) is 8.42 Å². The number of nitrogens with zero attached hydrogens (tertiary/aromatic N) is 2. The van der Waals surface area contributed by atoms with E-state index in [1.54, 1.807) is 22.5 Å². The lowest BCUT2D eigenvalue weighted by Gasteiger charge is -2.26. The van der Waals surface area contributed by atoms with Gasteiger partial charge in [-0.15, -0.1) is 0 Å². The minimum Gasteiger partial charge on any atom is -0.350 e. The lowest BCUT2D eigenvalue weighted by Crippen LogP contribution is -2.34. The predicted octanol–water partition coefficient (Wildman–Crippen LogP) is 3.96. The maximum absolute atomic E-state index is 12.9. The molecule has 134 valence electrons. The highest BCUT2D eigenvalue weighted by molar-refractivity contribution is 7.89. The van der Waals surface area contributed by atoms with Crippen molar-refractivity contribution in [3.8, 4) is 0 Å². The van der Waals surface area contributed by atoms with Crippen molar-refractivity contribution in [1.82, 2.24) is 8.87 Å². The minimum absolute atomic E-state index is 0.375. The molecular formula is C21H22N2O2S. The largest absolute Gasteiger partial charge is 0.350 e. The van der Waals surface area contributed by atoms with Crippen molar-refractivity contribution in [2.75, 3.05) is 13.1 Å². The van der Waals surface area contributed by atoms with Crippen molar-refractivity contribution in [2.24, 2.45) is 7.05 Å². The normalized spacial score (nSPS) is 16.0. The summed E-state index contributed by atoms with van der Waals surface area (Å²) in [6, 6.07) is 15.4. The summed E-state index contributed by atoms with van der Waals surface area (Å²) in [5.41, 5.74) is 4.57. The zero-order valence-corrected chi connectivity index (χ0v) is 15.8. The van der Waals surface area contributed by atoms with Crippen LogP contribution in [-0.2, 0) is 17.1 Å². The van der Waals surface area contributed by atoms with E-state index in [0.717, 1.165) is 12.0 Å². The highest BCUT2D eigenvalue weighted by atomic mass is 32.2. The fourth-order valence-corrected chi connectivity index (χ4v) is 5.12. The van der Waals surface area contributed by atoms with Crippen LogP contribution in [0.3, 0.4) is 0 Å². The third kappa shape index (κ3) is 2.87. The summed E-state index contributed by atoms with van der Waals surface area (Å²) < 4.78 is 29.5. The van der Waals surface area contributed by atoms with E-state index in [4.69, 9.17) is 0 Å². The van der Waals surface area contributed by atoms with Gasteiger partial charge in [0.1, 0.15) is 0 Å². The molecule has 0 saturated carbocycles. The number of aromatic nitrogens is 1. The Kier molecular flexibility index (Phi) is 4.21. The van der Waals surface area contributed by atoms with Gasteiger partial charge in [-0.2, -0.15) is 4.31 Å². The first kappa shape index (κ1) is 17.1. The van der Waals surface area contributed by atoms with Gasteiger partial charge >= 0.3 is 0 Å². The molecule has 26 heavy (non-hydrogen) atoms. The van der Waals surface area contributed by atoms with E-state index in [-0.39, 0.29) is 0 Å². The molecule has 0 aliphatic carbocycles. The highest BCUT2D eigenvalue weighted by Crippen LogP contribution is 2.31. The Morgan fingerprint density at radius 1 is 1.04 bits per heavy atom. The van der Waals surface area contributed by atoms with Crippen molar-refractivity contribution in [2.45, 2.75) is 18.2 Å². The van der Waals surface area contributed by atoms with Crippen molar-refractivity contribution in [3.05, 3.63) is 71.9 Å². The maximum atomic E-state index is 12.9. The van der Waals surface area contributed by atoms with Gasteiger partial charge in [0.2, 0.25) is 10.0 Å². The second-order valence-corrected chi connectivity index (χ2v) is 8.77. The molecule has 0 fully saturated rings. The molecule has 3 aromatic rings. The van der Waals surface area contributed by atoms with Crippen molar-refractivity contribution >= 4 is 26.5 Å². The minimum atomic E-state index is -3.44. The van der Waals surface area contributed by atoms with Crippen LogP contribution >= 0.6 is 0 Å². The molecule has 0 atom stereocenters. The SMILES string of the molecule is Cc1cccc(S(=O)(=O)N2CC=C(c3cn(C)c4ccccc34)CC2)c1. The van der Waals surface area contributed by atoms with Crippen LogP contribution in [-0.4, -0.2) is 30.4 Å². The number of fused-ring (bicyclic) bond motifs is 1. The fourth-order valence-electron chi connectivity index (χ4n) is 3.64. The van der Waals surface area contributed by atoms with E-state index < -0.39 is 10.0 Å². The van der Waals surface area contributed by atoms with Crippen LogP contribution in [0.5, 0.6) is 0 Å². The zero-order valence-electron chi connectivity index (χ0n) is 15.0. The number of hydrogen-bond donors (Lipinski definition) is 0. The number of aryl methyl sites for hydroxylation is 2. The molecule has 0 radical (unpaired) electrons. The average Bonchev–Trinajstić information content (AvgIpc) is 2.99. The Morgan fingerprint density at radius 3 is 2.58 bits per heavy atom. The van der Waals surface area contributed by atoms with Gasteiger partial charge in [0, 0.05) is 42.8 Å². The average molecular weight is 366 g/mol. The van der Waals surface area contributed by atoms with E-state index in [9.17, 15) is 8.42 Å². The van der Waals surface area contributed by atoms with Gasteiger partial charge in [0.05, 0.1) is 4.90 Å². The van der Waals surface area contributed by atoms with E-state index in [0.29, 0.717) is 18.0 Å². The monoisotopic (exact) mass is 366 g/mol. The van der Waals surface area contributed by atoms with Crippen molar-refractivity contribution < 1.29 is 8.42 Å². The Morgan fingerprint density at radius 2 is 1.85 bits per heavy atom. The quantitative estimate of drug-likeness (QED) is 0.704. The molecule has 4 nitrogen and oxygen atoms in total. The molecule has 0 unspecified atom stereocenters. The molecule has 1 aromatic heterocycles. The Labute approximate surface area is 154 Å². The number of rotatable bonds is 3. The Hall–Kier alpha value is -2.37.